The third-order valence-corrected chi connectivity index (χ3v) is 6.65. The molecule has 11 atom stereocenters. The van der Waals surface area contributed by atoms with E-state index >= 15 is 0 Å². The molecule has 9 N–H and O–H groups in total. The maximum absolute atomic E-state index is 12.1. The third kappa shape index (κ3) is 8.25. The van der Waals surface area contributed by atoms with E-state index in [0.29, 0.717) is 25.7 Å². The van der Waals surface area contributed by atoms with Crippen molar-refractivity contribution >= 4 is 11.9 Å². The van der Waals surface area contributed by atoms with Gasteiger partial charge in [-0.15, -0.1) is 0 Å². The first-order valence-electron chi connectivity index (χ1n) is 12.6. The molecule has 0 aromatic carbocycles. The van der Waals surface area contributed by atoms with Crippen LogP contribution in [0.15, 0.2) is 0 Å². The first kappa shape index (κ1) is 32.7. The highest BCUT2D eigenvalue weighted by atomic mass is 16.7. The number of unbranched alkanes of at least 4 members (excludes halogenated alkanes) is 3. The Hall–Kier alpha value is -1.50. The molecule has 2 aliphatic heterocycles. The minimum Gasteiger partial charge on any atom is -0.477 e. The Labute approximate surface area is 219 Å². The van der Waals surface area contributed by atoms with Crippen molar-refractivity contribution in [1.29, 1.82) is 0 Å². The van der Waals surface area contributed by atoms with Crippen molar-refractivity contribution in [3.05, 3.63) is 0 Å². The van der Waals surface area contributed by atoms with E-state index in [0.717, 1.165) is 6.92 Å². The second-order valence-electron chi connectivity index (χ2n) is 9.69. The van der Waals surface area contributed by atoms with Gasteiger partial charge in [0, 0.05) is 20.0 Å². The Kier molecular flexibility index (Phi) is 12.7. The molecule has 0 aromatic rings. The molecule has 2 saturated heterocycles. The van der Waals surface area contributed by atoms with Gasteiger partial charge in [-0.25, -0.2) is 4.79 Å². The SMILES string of the molecule is CC(=O)N[C@H]1[C@H]([C@H](O)[C@H](O)CO)OC(OCCCCCCOC2O[C@@H](C)[C@@H](O)[C@@H](O)[C@@H]2O)(C(=O)O)C[C@@H]1O. The van der Waals surface area contributed by atoms with Gasteiger partial charge in [-0.05, 0) is 19.8 Å². The van der Waals surface area contributed by atoms with Crippen LogP contribution in [0.3, 0.4) is 0 Å². The zero-order valence-corrected chi connectivity index (χ0v) is 21.5. The topological polar surface area (TPSA) is 245 Å². The zero-order valence-electron chi connectivity index (χ0n) is 21.5. The molecule has 2 unspecified atom stereocenters. The molecule has 2 aliphatic rings. The third-order valence-electron chi connectivity index (χ3n) is 6.65. The van der Waals surface area contributed by atoms with Crippen LogP contribution in [0.25, 0.3) is 0 Å². The van der Waals surface area contributed by atoms with Crippen LogP contribution in [-0.2, 0) is 28.5 Å². The summed E-state index contributed by atoms with van der Waals surface area (Å²) in [6.07, 6.45) is -10.9. The number of nitrogens with one attached hydrogen (secondary N) is 1. The van der Waals surface area contributed by atoms with E-state index in [2.05, 4.69) is 5.32 Å². The molecule has 0 saturated carbocycles. The predicted octanol–water partition coefficient (Wildman–Crippen LogP) is -3.44. The molecule has 2 heterocycles. The van der Waals surface area contributed by atoms with Gasteiger partial charge < -0.3 is 65.1 Å². The van der Waals surface area contributed by atoms with Crippen molar-refractivity contribution in [2.24, 2.45) is 0 Å². The van der Waals surface area contributed by atoms with Crippen LogP contribution in [0.1, 0.15) is 46.0 Å². The quantitative estimate of drug-likeness (QED) is 0.0947. The highest BCUT2D eigenvalue weighted by Gasteiger charge is 2.55. The van der Waals surface area contributed by atoms with Crippen molar-refractivity contribution in [1.82, 2.24) is 5.32 Å². The van der Waals surface area contributed by atoms with Crippen LogP contribution >= 0.6 is 0 Å². The van der Waals surface area contributed by atoms with E-state index in [9.17, 15) is 50.4 Å². The Bertz CT molecular complexity index is 758. The maximum Gasteiger partial charge on any atom is 0.364 e. The van der Waals surface area contributed by atoms with E-state index in [-0.39, 0.29) is 13.2 Å². The number of rotatable bonds is 14. The monoisotopic (exact) mass is 555 g/mol. The molecular weight excluding hydrogens is 514 g/mol. The molecule has 0 aromatic heterocycles. The second kappa shape index (κ2) is 14.8. The molecule has 0 radical (unpaired) electrons. The van der Waals surface area contributed by atoms with Gasteiger partial charge in [-0.1, -0.05) is 12.8 Å². The van der Waals surface area contributed by atoms with Gasteiger partial charge in [0.2, 0.25) is 5.91 Å². The van der Waals surface area contributed by atoms with Gasteiger partial charge >= 0.3 is 5.97 Å². The average molecular weight is 556 g/mol. The minimum atomic E-state index is -2.37. The number of carbonyl (C=O) groups is 2. The van der Waals surface area contributed by atoms with Crippen molar-refractivity contribution in [2.45, 2.75) is 113 Å². The number of amides is 1. The lowest BCUT2D eigenvalue weighted by atomic mass is 9.88. The number of carbonyl (C=O) groups excluding carboxylic acids is 1. The van der Waals surface area contributed by atoms with Crippen molar-refractivity contribution in [2.75, 3.05) is 19.8 Å². The van der Waals surface area contributed by atoms with Crippen LogP contribution in [0.2, 0.25) is 0 Å². The van der Waals surface area contributed by atoms with Crippen LogP contribution in [0.4, 0.5) is 0 Å². The fourth-order valence-electron chi connectivity index (χ4n) is 4.42. The predicted molar refractivity (Wildman–Crippen MR) is 125 cm³/mol. The lowest BCUT2D eigenvalue weighted by Gasteiger charge is -2.46. The summed E-state index contributed by atoms with van der Waals surface area (Å²) in [6, 6.07) is -1.26. The Morgan fingerprint density at radius 1 is 1.03 bits per heavy atom. The highest BCUT2D eigenvalue weighted by molar-refractivity contribution is 5.76. The molecule has 0 spiro atoms. The summed E-state index contributed by atoms with van der Waals surface area (Å²) in [5.74, 6) is -4.53. The van der Waals surface area contributed by atoms with Gasteiger partial charge in [0.15, 0.2) is 6.29 Å². The molecule has 15 heteroatoms. The summed E-state index contributed by atoms with van der Waals surface area (Å²) in [5.41, 5.74) is 0. The van der Waals surface area contributed by atoms with Crippen molar-refractivity contribution in [3.8, 4) is 0 Å². The van der Waals surface area contributed by atoms with E-state index in [1.165, 1.54) is 0 Å². The lowest BCUT2D eigenvalue weighted by molar-refractivity contribution is -0.311. The van der Waals surface area contributed by atoms with E-state index in [1.54, 1.807) is 6.92 Å². The van der Waals surface area contributed by atoms with Gasteiger partial charge in [-0.2, -0.15) is 0 Å². The zero-order chi connectivity index (χ0) is 28.6. The Morgan fingerprint density at radius 3 is 2.24 bits per heavy atom. The number of aliphatic hydroxyl groups is 7. The molecule has 2 rings (SSSR count). The molecule has 222 valence electrons. The minimum absolute atomic E-state index is 0.0951. The summed E-state index contributed by atoms with van der Waals surface area (Å²) in [5, 5.41) is 81.7. The van der Waals surface area contributed by atoms with Crippen LogP contribution < -0.4 is 5.32 Å². The van der Waals surface area contributed by atoms with E-state index in [1.807, 2.05) is 0 Å². The van der Waals surface area contributed by atoms with Gasteiger partial charge in [-0.3, -0.25) is 4.79 Å². The van der Waals surface area contributed by atoms with Gasteiger partial charge in [0.25, 0.3) is 5.79 Å². The molecule has 1 amide bonds. The maximum atomic E-state index is 12.1. The fraction of sp³-hybridized carbons (Fsp3) is 0.913. The molecule has 2 fully saturated rings. The number of aliphatic hydroxyl groups excluding tert-OH is 7. The van der Waals surface area contributed by atoms with Crippen LogP contribution in [-0.4, -0.2) is 140 Å². The summed E-state index contributed by atoms with van der Waals surface area (Å²) in [6.45, 7) is 1.93. The number of carboxylic acid groups (broad SMARTS) is 1. The number of aliphatic carboxylic acids is 1. The summed E-state index contributed by atoms with van der Waals surface area (Å²) >= 11 is 0. The summed E-state index contributed by atoms with van der Waals surface area (Å²) < 4.78 is 21.9. The van der Waals surface area contributed by atoms with Crippen LogP contribution in [0.5, 0.6) is 0 Å². The van der Waals surface area contributed by atoms with E-state index < -0.39 is 91.9 Å². The number of hydrogen-bond acceptors (Lipinski definition) is 13. The highest BCUT2D eigenvalue weighted by Crippen LogP contribution is 2.34. The normalized spacial score (nSPS) is 37.4. The Morgan fingerprint density at radius 2 is 1.66 bits per heavy atom. The molecule has 38 heavy (non-hydrogen) atoms. The number of ether oxygens (including phenoxy) is 4. The first-order valence-corrected chi connectivity index (χ1v) is 12.6. The molecule has 0 bridgehead atoms. The Balaban J connectivity index is 1.84. The van der Waals surface area contributed by atoms with Crippen molar-refractivity contribution < 1.29 is 69.4 Å². The lowest BCUT2D eigenvalue weighted by Crippen LogP contribution is -2.67. The summed E-state index contributed by atoms with van der Waals surface area (Å²) in [4.78, 5) is 23.6. The second-order valence-corrected chi connectivity index (χ2v) is 9.69. The van der Waals surface area contributed by atoms with Crippen LogP contribution in [0, 0.1) is 0 Å². The average Bonchev–Trinajstić information content (AvgIpc) is 2.87. The van der Waals surface area contributed by atoms with Gasteiger partial charge in [0.1, 0.15) is 36.6 Å². The number of carboxylic acids is 1. The smallest absolute Gasteiger partial charge is 0.364 e. The summed E-state index contributed by atoms with van der Waals surface area (Å²) in [7, 11) is 0. The van der Waals surface area contributed by atoms with E-state index in [4.69, 9.17) is 18.9 Å². The molecule has 0 aliphatic carbocycles. The fourth-order valence-corrected chi connectivity index (χ4v) is 4.42. The molecular formula is C23H41NO14. The standard InChI is InChI=1S/C23H41NO14/c1-11-16(29)18(31)19(32)21(37-11)35-7-5-3-4-6-8-36-23(22(33)34)9-13(27)15(24-12(2)26)20(38-23)17(30)14(28)10-25/h11,13-21,25,27-32H,3-10H2,1-2H3,(H,24,26)(H,33,34)/t11-,13-,14+,15+,16+,17+,18+,19-,20+,21?,23?/m0/s1. The first-order chi connectivity index (χ1) is 17.8. The number of hydrogen-bond donors (Lipinski definition) is 9. The van der Waals surface area contributed by atoms with Gasteiger partial charge in [0.05, 0.1) is 31.5 Å². The largest absolute Gasteiger partial charge is 0.477 e. The molecule has 15 nitrogen and oxygen atoms in total. The van der Waals surface area contributed by atoms with Crippen molar-refractivity contribution in [3.63, 3.8) is 0 Å².